The third kappa shape index (κ3) is 4.01. The average molecular weight is 298 g/mol. The molecule has 0 unspecified atom stereocenters. The molecule has 1 aliphatic heterocycles. The second kappa shape index (κ2) is 6.82. The van der Waals surface area contributed by atoms with Gasteiger partial charge in [0.05, 0.1) is 6.54 Å². The van der Waals surface area contributed by atoms with E-state index in [9.17, 15) is 24.0 Å². The minimum atomic E-state index is -1.38. The highest BCUT2D eigenvalue weighted by Crippen LogP contribution is 2.28. The number of rotatable bonds is 6. The highest BCUT2D eigenvalue weighted by Gasteiger charge is 2.48. The lowest BCUT2D eigenvalue weighted by Crippen LogP contribution is -2.62. The van der Waals surface area contributed by atoms with Crippen molar-refractivity contribution < 1.29 is 24.0 Å². The summed E-state index contributed by atoms with van der Waals surface area (Å²) in [7, 11) is 0. The van der Waals surface area contributed by atoms with E-state index in [4.69, 9.17) is 0 Å². The molecular formula is C12H18N4O5. The van der Waals surface area contributed by atoms with Crippen LogP contribution in [0.1, 0.15) is 26.7 Å². The van der Waals surface area contributed by atoms with Crippen molar-refractivity contribution in [1.29, 1.82) is 0 Å². The van der Waals surface area contributed by atoms with Gasteiger partial charge in [0, 0.05) is 13.5 Å². The van der Waals surface area contributed by atoms with Gasteiger partial charge in [-0.05, 0) is 12.8 Å². The maximum Gasteiger partial charge on any atom is 0.328 e. The smallest absolute Gasteiger partial charge is 0.328 e. The lowest BCUT2D eigenvalue weighted by atomic mass is 9.78. The van der Waals surface area contributed by atoms with Crippen molar-refractivity contribution >= 4 is 29.7 Å². The van der Waals surface area contributed by atoms with E-state index in [-0.39, 0.29) is 31.8 Å². The molecule has 0 aliphatic carbocycles. The summed E-state index contributed by atoms with van der Waals surface area (Å²) in [5.74, 6) is -2.10. The number of carbonyl (C=O) groups is 5. The summed E-state index contributed by atoms with van der Waals surface area (Å²) < 4.78 is 0. The van der Waals surface area contributed by atoms with Crippen molar-refractivity contribution in [2.24, 2.45) is 5.41 Å². The molecule has 0 aromatic rings. The van der Waals surface area contributed by atoms with E-state index in [0.717, 1.165) is 0 Å². The van der Waals surface area contributed by atoms with Gasteiger partial charge in [-0.25, -0.2) is 4.79 Å². The predicted molar refractivity (Wildman–Crippen MR) is 70.7 cm³/mol. The Hall–Kier alpha value is -2.45. The van der Waals surface area contributed by atoms with E-state index in [1.54, 1.807) is 6.92 Å². The number of nitrogens with one attached hydrogen (secondary N) is 4. The predicted octanol–water partition coefficient (Wildman–Crippen LogP) is -1.61. The normalized spacial score (nSPS) is 16.8. The van der Waals surface area contributed by atoms with E-state index < -0.39 is 29.2 Å². The van der Waals surface area contributed by atoms with Gasteiger partial charge in [-0.15, -0.1) is 0 Å². The zero-order valence-electron chi connectivity index (χ0n) is 11.9. The number of barbiturate groups is 1. The van der Waals surface area contributed by atoms with Crippen LogP contribution in [0.3, 0.4) is 0 Å². The van der Waals surface area contributed by atoms with Gasteiger partial charge in [0.1, 0.15) is 5.41 Å². The van der Waals surface area contributed by atoms with Gasteiger partial charge in [-0.2, -0.15) is 0 Å². The summed E-state index contributed by atoms with van der Waals surface area (Å²) in [4.78, 5) is 56.9. The van der Waals surface area contributed by atoms with E-state index >= 15 is 0 Å². The summed E-state index contributed by atoms with van der Waals surface area (Å²) >= 11 is 0. The van der Waals surface area contributed by atoms with E-state index in [2.05, 4.69) is 21.3 Å². The first-order valence-electron chi connectivity index (χ1n) is 6.50. The van der Waals surface area contributed by atoms with Gasteiger partial charge in [0.15, 0.2) is 0 Å². The third-order valence-corrected chi connectivity index (χ3v) is 3.30. The molecule has 0 bridgehead atoms. The molecule has 0 aromatic carbocycles. The molecule has 0 spiro atoms. The molecule has 116 valence electrons. The largest absolute Gasteiger partial charge is 0.355 e. The van der Waals surface area contributed by atoms with Crippen LogP contribution < -0.4 is 21.3 Å². The van der Waals surface area contributed by atoms with Crippen LogP contribution in [0, 0.1) is 5.41 Å². The van der Waals surface area contributed by atoms with Crippen molar-refractivity contribution in [2.75, 3.05) is 13.1 Å². The Kier molecular flexibility index (Phi) is 5.39. The molecule has 1 heterocycles. The van der Waals surface area contributed by atoms with Crippen molar-refractivity contribution in [3.63, 3.8) is 0 Å². The van der Waals surface area contributed by atoms with Crippen molar-refractivity contribution in [1.82, 2.24) is 21.3 Å². The summed E-state index contributed by atoms with van der Waals surface area (Å²) in [6, 6.07) is -0.844. The van der Waals surface area contributed by atoms with Gasteiger partial charge in [0.2, 0.25) is 23.6 Å². The molecule has 4 N–H and O–H groups in total. The molecule has 1 saturated heterocycles. The molecule has 9 nitrogen and oxygen atoms in total. The summed E-state index contributed by atoms with van der Waals surface area (Å²) in [5.41, 5.74) is -1.38. The van der Waals surface area contributed by atoms with Crippen LogP contribution in [-0.4, -0.2) is 42.7 Å². The molecule has 0 atom stereocenters. The van der Waals surface area contributed by atoms with Gasteiger partial charge < -0.3 is 10.6 Å². The number of carbonyl (C=O) groups excluding carboxylic acids is 5. The van der Waals surface area contributed by atoms with Crippen molar-refractivity contribution in [3.8, 4) is 0 Å². The average Bonchev–Trinajstić information content (AvgIpc) is 2.39. The topological polar surface area (TPSA) is 133 Å². The highest BCUT2D eigenvalue weighted by atomic mass is 16.2. The van der Waals surface area contributed by atoms with Crippen molar-refractivity contribution in [2.45, 2.75) is 26.7 Å². The minimum Gasteiger partial charge on any atom is -0.355 e. The number of imide groups is 2. The van der Waals surface area contributed by atoms with Crippen LogP contribution in [-0.2, 0) is 19.2 Å². The zero-order chi connectivity index (χ0) is 16.0. The van der Waals surface area contributed by atoms with E-state index in [0.29, 0.717) is 0 Å². The number of hydrogen-bond donors (Lipinski definition) is 4. The van der Waals surface area contributed by atoms with E-state index in [1.807, 2.05) is 0 Å². The molecule has 1 aliphatic rings. The molecule has 1 rings (SSSR count). The Morgan fingerprint density at radius 3 is 2.14 bits per heavy atom. The lowest BCUT2D eigenvalue weighted by Gasteiger charge is -2.32. The van der Waals surface area contributed by atoms with Crippen LogP contribution >= 0.6 is 0 Å². The fraction of sp³-hybridized carbons (Fsp3) is 0.583. The highest BCUT2D eigenvalue weighted by molar-refractivity contribution is 6.19. The van der Waals surface area contributed by atoms with Crippen LogP contribution in [0.25, 0.3) is 0 Å². The van der Waals surface area contributed by atoms with Crippen LogP contribution in [0.5, 0.6) is 0 Å². The van der Waals surface area contributed by atoms with Crippen molar-refractivity contribution in [3.05, 3.63) is 0 Å². The second-order valence-corrected chi connectivity index (χ2v) is 4.68. The Labute approximate surface area is 121 Å². The quantitative estimate of drug-likeness (QED) is 0.438. The van der Waals surface area contributed by atoms with Gasteiger partial charge in [-0.3, -0.25) is 29.8 Å². The number of hydrogen-bond acceptors (Lipinski definition) is 5. The first-order valence-corrected chi connectivity index (χ1v) is 6.50. The Balaban J connectivity index is 2.56. The van der Waals surface area contributed by atoms with Gasteiger partial charge >= 0.3 is 6.03 Å². The standard InChI is InChI=1S/C12H18N4O5/c1-3-12(9(19)15-11(21)16-10(12)20)4-5-13-8(18)6-14-7(2)17/h3-6H2,1-2H3,(H,13,18)(H,14,17)(H2,15,16,19,20,21). The SMILES string of the molecule is CCC1(CCNC(=O)CNC(C)=O)C(=O)NC(=O)NC1=O. The third-order valence-electron chi connectivity index (χ3n) is 3.30. The van der Waals surface area contributed by atoms with Crippen LogP contribution in [0.4, 0.5) is 4.79 Å². The Bertz CT molecular complexity index is 468. The molecule has 0 saturated carbocycles. The molecule has 6 amide bonds. The number of urea groups is 1. The molecular weight excluding hydrogens is 280 g/mol. The van der Waals surface area contributed by atoms with Gasteiger partial charge in [-0.1, -0.05) is 6.92 Å². The monoisotopic (exact) mass is 298 g/mol. The minimum absolute atomic E-state index is 0.0558. The second-order valence-electron chi connectivity index (χ2n) is 4.68. The Morgan fingerprint density at radius 2 is 1.67 bits per heavy atom. The molecule has 0 aromatic heterocycles. The molecule has 9 heteroatoms. The summed E-state index contributed by atoms with van der Waals surface area (Å²) in [6.45, 7) is 2.83. The Morgan fingerprint density at radius 1 is 1.10 bits per heavy atom. The summed E-state index contributed by atoms with van der Waals surface area (Å²) in [6.07, 6.45) is 0.250. The fourth-order valence-corrected chi connectivity index (χ4v) is 1.99. The maximum atomic E-state index is 11.9. The fourth-order valence-electron chi connectivity index (χ4n) is 1.99. The van der Waals surface area contributed by atoms with Crippen LogP contribution in [0.15, 0.2) is 0 Å². The molecule has 21 heavy (non-hydrogen) atoms. The number of amides is 6. The van der Waals surface area contributed by atoms with E-state index in [1.165, 1.54) is 6.92 Å². The first-order chi connectivity index (χ1) is 9.81. The van der Waals surface area contributed by atoms with Gasteiger partial charge in [0.25, 0.3) is 0 Å². The molecule has 0 radical (unpaired) electrons. The zero-order valence-corrected chi connectivity index (χ0v) is 11.9. The summed E-state index contributed by atoms with van der Waals surface area (Å²) in [5, 5.41) is 8.93. The molecule has 1 fully saturated rings. The van der Waals surface area contributed by atoms with Crippen LogP contribution in [0.2, 0.25) is 0 Å². The lowest BCUT2D eigenvalue weighted by molar-refractivity contribution is -0.145. The first kappa shape index (κ1) is 16.6. The maximum absolute atomic E-state index is 11.9.